The second kappa shape index (κ2) is 8.49. The second-order valence-corrected chi connectivity index (χ2v) is 6.28. The molecule has 6 nitrogen and oxygen atoms in total. The van der Waals surface area contributed by atoms with Crippen molar-refractivity contribution in [3.63, 3.8) is 0 Å². The zero-order valence-corrected chi connectivity index (χ0v) is 15.2. The molecule has 0 atom stereocenters. The third-order valence-electron chi connectivity index (χ3n) is 3.85. The van der Waals surface area contributed by atoms with Crippen molar-refractivity contribution in [1.29, 1.82) is 0 Å². The lowest BCUT2D eigenvalue weighted by Crippen LogP contribution is -2.13. The molecule has 3 N–H and O–H groups in total. The van der Waals surface area contributed by atoms with Gasteiger partial charge in [0.1, 0.15) is 11.6 Å². The monoisotopic (exact) mass is 399 g/mol. The van der Waals surface area contributed by atoms with E-state index in [9.17, 15) is 14.0 Å². The van der Waals surface area contributed by atoms with Gasteiger partial charge in [-0.3, -0.25) is 4.79 Å². The van der Waals surface area contributed by atoms with Crippen molar-refractivity contribution in [3.05, 3.63) is 88.3 Å². The molecule has 0 saturated heterocycles. The largest absolute Gasteiger partial charge is 0.478 e. The normalized spacial score (nSPS) is 10.4. The van der Waals surface area contributed by atoms with E-state index < -0.39 is 17.7 Å². The molecule has 2 aromatic carbocycles. The van der Waals surface area contributed by atoms with Crippen LogP contribution >= 0.6 is 11.6 Å². The van der Waals surface area contributed by atoms with Gasteiger partial charge < -0.3 is 15.7 Å². The Kier molecular flexibility index (Phi) is 5.86. The van der Waals surface area contributed by atoms with Crippen LogP contribution < -0.4 is 10.6 Å². The van der Waals surface area contributed by atoms with Gasteiger partial charge in [-0.15, -0.1) is 0 Å². The number of carbonyl (C=O) groups excluding carboxylic acids is 1. The van der Waals surface area contributed by atoms with Crippen molar-refractivity contribution >= 4 is 35.0 Å². The van der Waals surface area contributed by atoms with Crippen molar-refractivity contribution in [2.24, 2.45) is 0 Å². The summed E-state index contributed by atoms with van der Waals surface area (Å²) in [4.78, 5) is 27.6. The highest BCUT2D eigenvalue weighted by molar-refractivity contribution is 6.31. The Hall–Kier alpha value is -3.45. The maximum Gasteiger partial charge on any atom is 0.335 e. The first kappa shape index (κ1) is 19.3. The molecule has 28 heavy (non-hydrogen) atoms. The number of nitrogens with one attached hydrogen (secondary N) is 2. The van der Waals surface area contributed by atoms with E-state index in [1.54, 1.807) is 24.3 Å². The zero-order chi connectivity index (χ0) is 20.1. The predicted octanol–water partition coefficient (Wildman–Crippen LogP) is 4.44. The fraction of sp³-hybridized carbons (Fsp3) is 0.0500. The number of rotatable bonds is 6. The molecule has 3 aromatic rings. The molecule has 0 aliphatic carbocycles. The minimum Gasteiger partial charge on any atom is -0.478 e. The predicted molar refractivity (Wildman–Crippen MR) is 104 cm³/mol. The summed E-state index contributed by atoms with van der Waals surface area (Å²) in [6.45, 7) is 0.340. The van der Waals surface area contributed by atoms with E-state index in [2.05, 4.69) is 15.6 Å². The average Bonchev–Trinajstić information content (AvgIpc) is 2.69. The number of hydrogen-bond donors (Lipinski definition) is 3. The van der Waals surface area contributed by atoms with Gasteiger partial charge in [-0.2, -0.15) is 0 Å². The number of nitrogens with zero attached hydrogens (tertiary/aromatic N) is 1. The molecule has 8 heteroatoms. The molecule has 0 spiro atoms. The zero-order valence-electron chi connectivity index (χ0n) is 14.4. The summed E-state index contributed by atoms with van der Waals surface area (Å²) in [6, 6.07) is 13.5. The van der Waals surface area contributed by atoms with Gasteiger partial charge in [0.25, 0.3) is 5.91 Å². The molecule has 0 unspecified atom stereocenters. The van der Waals surface area contributed by atoms with Gasteiger partial charge in [0.2, 0.25) is 0 Å². The summed E-state index contributed by atoms with van der Waals surface area (Å²) in [5.41, 5.74) is 1.67. The van der Waals surface area contributed by atoms with Gasteiger partial charge in [-0.25, -0.2) is 14.2 Å². The Morgan fingerprint density at radius 3 is 2.64 bits per heavy atom. The fourth-order valence-electron chi connectivity index (χ4n) is 2.45. The Morgan fingerprint density at radius 2 is 1.89 bits per heavy atom. The van der Waals surface area contributed by atoms with Crippen LogP contribution in [0.25, 0.3) is 0 Å². The summed E-state index contributed by atoms with van der Waals surface area (Å²) in [6.07, 6.45) is 1.47. The van der Waals surface area contributed by atoms with Crippen molar-refractivity contribution in [2.75, 3.05) is 10.6 Å². The molecule has 0 saturated carbocycles. The molecule has 1 amide bonds. The van der Waals surface area contributed by atoms with Crippen LogP contribution in [0.3, 0.4) is 0 Å². The molecular formula is C20H15ClFN3O3. The number of carboxylic acids is 1. The Labute approximate surface area is 165 Å². The van der Waals surface area contributed by atoms with Crippen LogP contribution in [-0.4, -0.2) is 22.0 Å². The van der Waals surface area contributed by atoms with Crippen LogP contribution in [0.4, 0.5) is 15.9 Å². The topological polar surface area (TPSA) is 91.3 Å². The number of pyridine rings is 1. The molecule has 0 aliphatic rings. The number of aromatic carboxylic acids is 1. The van der Waals surface area contributed by atoms with Crippen LogP contribution in [0, 0.1) is 5.82 Å². The number of hydrogen-bond acceptors (Lipinski definition) is 4. The molecule has 3 rings (SSSR count). The third kappa shape index (κ3) is 4.83. The molecule has 1 heterocycles. The number of aromatic nitrogens is 1. The van der Waals surface area contributed by atoms with E-state index in [-0.39, 0.29) is 10.6 Å². The summed E-state index contributed by atoms with van der Waals surface area (Å²) < 4.78 is 13.2. The summed E-state index contributed by atoms with van der Waals surface area (Å²) >= 11 is 5.72. The van der Waals surface area contributed by atoms with E-state index >= 15 is 0 Å². The molecule has 142 valence electrons. The summed E-state index contributed by atoms with van der Waals surface area (Å²) in [5.74, 6) is -1.52. The van der Waals surface area contributed by atoms with E-state index in [4.69, 9.17) is 16.7 Å². The fourth-order valence-corrected chi connectivity index (χ4v) is 2.63. The first-order valence-electron chi connectivity index (χ1n) is 8.21. The third-order valence-corrected chi connectivity index (χ3v) is 4.14. The van der Waals surface area contributed by atoms with E-state index in [1.807, 2.05) is 0 Å². The molecule has 1 aromatic heterocycles. The number of carbonyl (C=O) groups is 2. The highest BCUT2D eigenvalue weighted by Gasteiger charge is 2.09. The minimum absolute atomic E-state index is 0.0847. The number of halogens is 2. The smallest absolute Gasteiger partial charge is 0.335 e. The summed E-state index contributed by atoms with van der Waals surface area (Å²) in [7, 11) is 0. The summed E-state index contributed by atoms with van der Waals surface area (Å²) in [5, 5.41) is 14.6. The van der Waals surface area contributed by atoms with Crippen LogP contribution in [0.2, 0.25) is 5.02 Å². The molecule has 0 radical (unpaired) electrons. The Bertz CT molecular complexity index is 1040. The average molecular weight is 400 g/mol. The van der Waals surface area contributed by atoms with Gasteiger partial charge >= 0.3 is 5.97 Å². The van der Waals surface area contributed by atoms with Gasteiger partial charge in [-0.1, -0.05) is 23.7 Å². The van der Waals surface area contributed by atoms with Gasteiger partial charge in [0, 0.05) is 24.0 Å². The Morgan fingerprint density at radius 1 is 1.07 bits per heavy atom. The maximum absolute atomic E-state index is 13.2. The number of amides is 1. The maximum atomic E-state index is 13.2. The van der Waals surface area contributed by atoms with Crippen LogP contribution in [-0.2, 0) is 6.54 Å². The Balaban J connectivity index is 1.67. The van der Waals surface area contributed by atoms with Crippen molar-refractivity contribution in [3.8, 4) is 0 Å². The van der Waals surface area contributed by atoms with E-state index in [0.29, 0.717) is 23.6 Å². The van der Waals surface area contributed by atoms with Crippen molar-refractivity contribution in [2.45, 2.75) is 6.54 Å². The SMILES string of the molecule is O=C(O)c1cccc(CNc2cc(C(=O)Nc3ccc(F)c(Cl)c3)ccn2)c1. The molecule has 0 bridgehead atoms. The van der Waals surface area contributed by atoms with E-state index in [0.717, 1.165) is 5.56 Å². The van der Waals surface area contributed by atoms with E-state index in [1.165, 1.54) is 36.5 Å². The first-order chi connectivity index (χ1) is 13.4. The molecule has 0 fully saturated rings. The number of benzene rings is 2. The molecule has 0 aliphatic heterocycles. The molecular weight excluding hydrogens is 385 g/mol. The number of anilines is 2. The van der Waals surface area contributed by atoms with Gasteiger partial charge in [0.05, 0.1) is 10.6 Å². The first-order valence-corrected chi connectivity index (χ1v) is 8.59. The van der Waals surface area contributed by atoms with Crippen LogP contribution in [0.1, 0.15) is 26.3 Å². The van der Waals surface area contributed by atoms with Gasteiger partial charge in [0.15, 0.2) is 0 Å². The van der Waals surface area contributed by atoms with Crippen LogP contribution in [0.5, 0.6) is 0 Å². The standard InChI is InChI=1S/C20H15ClFN3O3/c21-16-10-15(4-5-17(16)22)25-19(26)13-6-7-23-18(9-13)24-11-12-2-1-3-14(8-12)20(27)28/h1-10H,11H2,(H,23,24)(H,25,26)(H,27,28). The highest BCUT2D eigenvalue weighted by atomic mass is 35.5. The lowest BCUT2D eigenvalue weighted by molar-refractivity contribution is 0.0696. The van der Waals surface area contributed by atoms with Crippen LogP contribution in [0.15, 0.2) is 60.8 Å². The van der Waals surface area contributed by atoms with Gasteiger partial charge in [-0.05, 0) is 48.0 Å². The van der Waals surface area contributed by atoms with Crippen molar-refractivity contribution < 1.29 is 19.1 Å². The quantitative estimate of drug-likeness (QED) is 0.570. The second-order valence-electron chi connectivity index (χ2n) is 5.87. The lowest BCUT2D eigenvalue weighted by atomic mass is 10.1. The lowest BCUT2D eigenvalue weighted by Gasteiger charge is -2.09. The minimum atomic E-state index is -1.00. The highest BCUT2D eigenvalue weighted by Crippen LogP contribution is 2.20. The number of carboxylic acid groups (broad SMARTS) is 1. The van der Waals surface area contributed by atoms with Crippen molar-refractivity contribution in [1.82, 2.24) is 4.98 Å².